The van der Waals surface area contributed by atoms with E-state index in [1.165, 1.54) is 5.57 Å². The summed E-state index contributed by atoms with van der Waals surface area (Å²) >= 11 is 0. The zero-order chi connectivity index (χ0) is 13.5. The van der Waals surface area contributed by atoms with Crippen molar-refractivity contribution in [2.45, 2.75) is 44.6 Å². The number of allylic oxidation sites excluding steroid dienone is 3. The van der Waals surface area contributed by atoms with E-state index in [9.17, 15) is 10.2 Å². The van der Waals surface area contributed by atoms with Gasteiger partial charge in [0.05, 0.1) is 14.2 Å². The van der Waals surface area contributed by atoms with Crippen LogP contribution in [-0.2, 0) is 0 Å². The lowest BCUT2D eigenvalue weighted by atomic mass is 9.68. The molecular formula is C15H26O2Si. The first-order valence-corrected chi connectivity index (χ1v) is 10.6. The van der Waals surface area contributed by atoms with E-state index >= 15 is 0 Å². The van der Waals surface area contributed by atoms with E-state index in [2.05, 4.69) is 44.8 Å². The average Bonchev–Trinajstić information content (AvgIpc) is 2.28. The molecule has 2 N–H and O–H groups in total. The molecule has 102 valence electrons. The predicted octanol–water partition coefficient (Wildman–Crippen LogP) is 2.82. The van der Waals surface area contributed by atoms with Crippen LogP contribution in [0.15, 0.2) is 23.8 Å². The molecule has 2 rings (SSSR count). The predicted molar refractivity (Wildman–Crippen MR) is 78.2 cm³/mol. The standard InChI is InChI=1S/C15H26O2Si/c1-10-5-6-11-7-8-13(18(2,3)4)15(17)14(11)12(10)9-16/h5-7,10,12-17H,8-9H2,1-4H3/t10-,12-,13-,14-,15-/m0/s1. The molecule has 2 nitrogen and oxygen atoms in total. The van der Waals surface area contributed by atoms with E-state index in [0.29, 0.717) is 11.5 Å². The van der Waals surface area contributed by atoms with E-state index in [1.807, 2.05) is 0 Å². The maximum absolute atomic E-state index is 10.8. The number of aliphatic hydroxyl groups excluding tert-OH is 2. The Morgan fingerprint density at radius 2 is 2.00 bits per heavy atom. The monoisotopic (exact) mass is 266 g/mol. The van der Waals surface area contributed by atoms with Crippen molar-refractivity contribution >= 4 is 8.07 Å². The highest BCUT2D eigenvalue weighted by Gasteiger charge is 2.44. The molecule has 0 amide bonds. The smallest absolute Gasteiger partial charge is 0.0619 e. The normalized spacial score (nSPS) is 40.3. The van der Waals surface area contributed by atoms with Crippen LogP contribution in [0.25, 0.3) is 0 Å². The summed E-state index contributed by atoms with van der Waals surface area (Å²) in [5, 5.41) is 20.4. The Bertz CT molecular complexity index is 367. The Balaban J connectivity index is 2.34. The highest BCUT2D eigenvalue weighted by molar-refractivity contribution is 6.77. The zero-order valence-corrected chi connectivity index (χ0v) is 12.9. The van der Waals surface area contributed by atoms with Crippen LogP contribution in [0.1, 0.15) is 13.3 Å². The summed E-state index contributed by atoms with van der Waals surface area (Å²) in [6, 6.07) is 0. The number of aliphatic hydroxyl groups is 2. The van der Waals surface area contributed by atoms with Crippen LogP contribution in [0.4, 0.5) is 0 Å². The Morgan fingerprint density at radius 1 is 1.33 bits per heavy atom. The van der Waals surface area contributed by atoms with Crippen LogP contribution in [0.2, 0.25) is 25.2 Å². The molecular weight excluding hydrogens is 240 g/mol. The molecule has 0 saturated carbocycles. The first-order valence-electron chi connectivity index (χ1n) is 7.03. The second-order valence-corrected chi connectivity index (χ2v) is 12.5. The number of hydrogen-bond acceptors (Lipinski definition) is 2. The van der Waals surface area contributed by atoms with Gasteiger partial charge in [0, 0.05) is 12.5 Å². The summed E-state index contributed by atoms with van der Waals surface area (Å²) in [5.41, 5.74) is 1.66. The largest absolute Gasteiger partial charge is 0.396 e. The second-order valence-electron chi connectivity index (χ2n) is 6.99. The van der Waals surface area contributed by atoms with Crippen LogP contribution in [-0.4, -0.2) is 31.0 Å². The number of rotatable bonds is 2. The number of hydrogen-bond donors (Lipinski definition) is 2. The highest BCUT2D eigenvalue weighted by atomic mass is 28.3. The fourth-order valence-corrected chi connectivity index (χ4v) is 5.60. The SMILES string of the molecule is C[C@H]1C=CC2=CC[C@H]([Si](C)(C)C)[C@H](O)[C@@H]2[C@H]1CO. The lowest BCUT2D eigenvalue weighted by Crippen LogP contribution is -2.47. The molecule has 0 saturated heterocycles. The third kappa shape index (κ3) is 2.36. The molecule has 0 aromatic carbocycles. The maximum Gasteiger partial charge on any atom is 0.0619 e. The molecule has 0 heterocycles. The summed E-state index contributed by atoms with van der Waals surface area (Å²) in [6.07, 6.45) is 7.35. The van der Waals surface area contributed by atoms with Gasteiger partial charge in [0.25, 0.3) is 0 Å². The Kier molecular flexibility index (Phi) is 3.86. The van der Waals surface area contributed by atoms with Gasteiger partial charge in [-0.3, -0.25) is 0 Å². The van der Waals surface area contributed by atoms with Crippen LogP contribution in [0.3, 0.4) is 0 Å². The van der Waals surface area contributed by atoms with Crippen molar-refractivity contribution in [2.24, 2.45) is 17.8 Å². The lowest BCUT2D eigenvalue weighted by molar-refractivity contribution is 0.0402. The molecule has 0 radical (unpaired) electrons. The van der Waals surface area contributed by atoms with Crippen LogP contribution in [0, 0.1) is 17.8 Å². The molecule has 0 spiro atoms. The Morgan fingerprint density at radius 3 is 2.56 bits per heavy atom. The van der Waals surface area contributed by atoms with Crippen molar-refractivity contribution in [3.05, 3.63) is 23.8 Å². The minimum Gasteiger partial charge on any atom is -0.396 e. The van der Waals surface area contributed by atoms with Crippen molar-refractivity contribution in [1.82, 2.24) is 0 Å². The van der Waals surface area contributed by atoms with E-state index in [4.69, 9.17) is 0 Å². The Labute approximate surface area is 111 Å². The van der Waals surface area contributed by atoms with Crippen molar-refractivity contribution in [1.29, 1.82) is 0 Å². The lowest BCUT2D eigenvalue weighted by Gasteiger charge is -2.45. The van der Waals surface area contributed by atoms with Gasteiger partial charge in [-0.05, 0) is 29.4 Å². The quantitative estimate of drug-likeness (QED) is 0.755. The average molecular weight is 266 g/mol. The summed E-state index contributed by atoms with van der Waals surface area (Å²) in [6.45, 7) is 9.29. The van der Waals surface area contributed by atoms with Crippen LogP contribution in [0.5, 0.6) is 0 Å². The molecule has 0 aliphatic heterocycles. The van der Waals surface area contributed by atoms with Crippen molar-refractivity contribution in [3.63, 3.8) is 0 Å². The topological polar surface area (TPSA) is 40.5 Å². The summed E-state index contributed by atoms with van der Waals surface area (Å²) < 4.78 is 0. The molecule has 0 aromatic rings. The van der Waals surface area contributed by atoms with Crippen molar-refractivity contribution in [3.8, 4) is 0 Å². The van der Waals surface area contributed by atoms with Crippen LogP contribution < -0.4 is 0 Å². The molecule has 3 heteroatoms. The number of fused-ring (bicyclic) bond motifs is 1. The minimum absolute atomic E-state index is 0.139. The Hall–Kier alpha value is -0.383. The van der Waals surface area contributed by atoms with Gasteiger partial charge in [0.2, 0.25) is 0 Å². The maximum atomic E-state index is 10.8. The van der Waals surface area contributed by atoms with Crippen molar-refractivity contribution < 1.29 is 10.2 Å². The van der Waals surface area contributed by atoms with Gasteiger partial charge in [-0.15, -0.1) is 0 Å². The molecule has 2 aliphatic rings. The van der Waals surface area contributed by atoms with Gasteiger partial charge in [-0.1, -0.05) is 44.8 Å². The van der Waals surface area contributed by atoms with Gasteiger partial charge in [-0.25, -0.2) is 0 Å². The molecule has 5 atom stereocenters. The highest BCUT2D eigenvalue weighted by Crippen LogP contribution is 2.46. The van der Waals surface area contributed by atoms with Gasteiger partial charge in [-0.2, -0.15) is 0 Å². The van der Waals surface area contributed by atoms with Crippen molar-refractivity contribution in [2.75, 3.05) is 6.61 Å². The molecule has 18 heavy (non-hydrogen) atoms. The molecule has 0 fully saturated rings. The summed E-state index contributed by atoms with van der Waals surface area (Å²) in [5.74, 6) is 0.670. The first kappa shape index (κ1) is 14.0. The fourth-order valence-electron chi connectivity index (χ4n) is 3.54. The van der Waals surface area contributed by atoms with E-state index in [0.717, 1.165) is 6.42 Å². The first-order chi connectivity index (χ1) is 8.36. The van der Waals surface area contributed by atoms with E-state index in [-0.39, 0.29) is 24.5 Å². The van der Waals surface area contributed by atoms with Gasteiger partial charge >= 0.3 is 0 Å². The molecule has 0 unspecified atom stereocenters. The molecule has 2 aliphatic carbocycles. The van der Waals surface area contributed by atoms with Gasteiger partial charge < -0.3 is 10.2 Å². The second kappa shape index (κ2) is 4.95. The van der Waals surface area contributed by atoms with Gasteiger partial charge in [0.1, 0.15) is 0 Å². The van der Waals surface area contributed by atoms with Gasteiger partial charge in [0.15, 0.2) is 0 Å². The third-order valence-electron chi connectivity index (χ3n) is 4.82. The molecule has 0 bridgehead atoms. The fraction of sp³-hybridized carbons (Fsp3) is 0.733. The zero-order valence-electron chi connectivity index (χ0n) is 11.9. The minimum atomic E-state index is -1.36. The summed E-state index contributed by atoms with van der Waals surface area (Å²) in [4.78, 5) is 0. The molecule has 0 aromatic heterocycles. The van der Waals surface area contributed by atoms with Crippen LogP contribution >= 0.6 is 0 Å². The van der Waals surface area contributed by atoms with E-state index < -0.39 is 8.07 Å². The van der Waals surface area contributed by atoms with E-state index in [1.54, 1.807) is 0 Å². The third-order valence-corrected chi connectivity index (χ3v) is 7.63. The summed E-state index contributed by atoms with van der Waals surface area (Å²) in [7, 11) is -1.36.